The molecule has 5 nitrogen and oxygen atoms in total. The molecule has 0 unspecified atom stereocenters. The lowest BCUT2D eigenvalue weighted by Crippen LogP contribution is -2.44. The highest BCUT2D eigenvalue weighted by Gasteiger charge is 2.41. The SMILES string of the molecule is C=CCNC[C@H]1NC(=O)O[C@@H]1COC(c1ccccc1)(c1ccccc1)c1ccccc1. The molecule has 3 aromatic rings. The molecule has 1 aliphatic heterocycles. The van der Waals surface area contributed by atoms with Crippen molar-refractivity contribution in [2.24, 2.45) is 0 Å². The Balaban J connectivity index is 1.71. The van der Waals surface area contributed by atoms with E-state index in [2.05, 4.69) is 53.6 Å². The van der Waals surface area contributed by atoms with Gasteiger partial charge in [-0.3, -0.25) is 0 Å². The average Bonchev–Trinajstić information content (AvgIpc) is 3.21. The van der Waals surface area contributed by atoms with Gasteiger partial charge in [0.15, 0.2) is 0 Å². The molecule has 4 rings (SSSR count). The summed E-state index contributed by atoms with van der Waals surface area (Å²) in [5, 5.41) is 6.13. The van der Waals surface area contributed by atoms with Crippen LogP contribution in [-0.2, 0) is 15.1 Å². The van der Waals surface area contributed by atoms with Crippen LogP contribution >= 0.6 is 0 Å². The van der Waals surface area contributed by atoms with E-state index in [1.54, 1.807) is 6.08 Å². The van der Waals surface area contributed by atoms with E-state index >= 15 is 0 Å². The predicted molar refractivity (Wildman–Crippen MR) is 125 cm³/mol. The number of hydrogen-bond donors (Lipinski definition) is 2. The number of alkyl carbamates (subject to hydrolysis) is 1. The van der Waals surface area contributed by atoms with Crippen molar-refractivity contribution in [3.8, 4) is 0 Å². The van der Waals surface area contributed by atoms with Crippen molar-refractivity contribution < 1.29 is 14.3 Å². The van der Waals surface area contributed by atoms with Crippen LogP contribution in [0.5, 0.6) is 0 Å². The predicted octanol–water partition coefficient (Wildman–Crippen LogP) is 4.25. The summed E-state index contributed by atoms with van der Waals surface area (Å²) in [5.74, 6) is 0. The number of carbonyl (C=O) groups excluding carboxylic acids is 1. The molecule has 1 aliphatic rings. The molecule has 0 saturated carbocycles. The molecule has 0 spiro atoms. The van der Waals surface area contributed by atoms with Crippen LogP contribution < -0.4 is 10.6 Å². The molecule has 0 aliphatic carbocycles. The lowest BCUT2D eigenvalue weighted by atomic mass is 9.80. The van der Waals surface area contributed by atoms with E-state index in [1.165, 1.54) is 0 Å². The zero-order chi connectivity index (χ0) is 22.2. The molecule has 1 amide bonds. The van der Waals surface area contributed by atoms with Crippen LogP contribution in [0.3, 0.4) is 0 Å². The molecule has 3 aromatic carbocycles. The first-order valence-electron chi connectivity index (χ1n) is 10.8. The Morgan fingerprint density at radius 3 is 1.88 bits per heavy atom. The van der Waals surface area contributed by atoms with Crippen molar-refractivity contribution in [1.29, 1.82) is 0 Å². The van der Waals surface area contributed by atoms with Gasteiger partial charge in [0.2, 0.25) is 0 Å². The quantitative estimate of drug-likeness (QED) is 0.288. The molecule has 1 heterocycles. The van der Waals surface area contributed by atoms with Gasteiger partial charge in [-0.1, -0.05) is 97.1 Å². The highest BCUT2D eigenvalue weighted by molar-refractivity contribution is 5.70. The van der Waals surface area contributed by atoms with Crippen molar-refractivity contribution in [3.63, 3.8) is 0 Å². The van der Waals surface area contributed by atoms with Crippen LogP contribution in [0.25, 0.3) is 0 Å². The van der Waals surface area contributed by atoms with Crippen LogP contribution in [-0.4, -0.2) is 37.9 Å². The summed E-state index contributed by atoms with van der Waals surface area (Å²) in [4.78, 5) is 12.0. The van der Waals surface area contributed by atoms with Gasteiger partial charge >= 0.3 is 6.09 Å². The second kappa shape index (κ2) is 10.3. The molecule has 2 atom stereocenters. The minimum absolute atomic E-state index is 0.192. The van der Waals surface area contributed by atoms with E-state index in [0.29, 0.717) is 13.1 Å². The topological polar surface area (TPSA) is 59.6 Å². The zero-order valence-electron chi connectivity index (χ0n) is 17.9. The minimum Gasteiger partial charge on any atom is -0.442 e. The Hall–Kier alpha value is -3.41. The van der Waals surface area contributed by atoms with Crippen LogP contribution in [0.15, 0.2) is 104 Å². The lowest BCUT2D eigenvalue weighted by Gasteiger charge is -2.37. The van der Waals surface area contributed by atoms with Gasteiger partial charge in [0.05, 0.1) is 12.6 Å². The Labute approximate surface area is 189 Å². The minimum atomic E-state index is -0.849. The van der Waals surface area contributed by atoms with Crippen molar-refractivity contribution in [1.82, 2.24) is 10.6 Å². The molecular weight excluding hydrogens is 400 g/mol. The fourth-order valence-corrected chi connectivity index (χ4v) is 4.15. The Kier molecular flexibility index (Phi) is 7.00. The lowest BCUT2D eigenvalue weighted by molar-refractivity contribution is -0.0362. The van der Waals surface area contributed by atoms with Crippen molar-refractivity contribution in [2.45, 2.75) is 17.7 Å². The zero-order valence-corrected chi connectivity index (χ0v) is 17.9. The number of hydrogen-bond acceptors (Lipinski definition) is 4. The van der Waals surface area contributed by atoms with Crippen molar-refractivity contribution in [3.05, 3.63) is 120 Å². The standard InChI is InChI=1S/C27H28N2O3/c1-2-18-28-19-24-25(32-26(30)29-24)20-31-27(21-12-6-3-7-13-21,22-14-8-4-9-15-22)23-16-10-5-11-17-23/h2-17,24-25,28H,1,18-20H2,(H,29,30)/t24-,25-/m1/s1. The normalized spacial score (nSPS) is 18.1. The fraction of sp³-hybridized carbons (Fsp3) is 0.222. The largest absolute Gasteiger partial charge is 0.442 e. The van der Waals surface area contributed by atoms with Crippen molar-refractivity contribution >= 4 is 6.09 Å². The van der Waals surface area contributed by atoms with Gasteiger partial charge in [0.25, 0.3) is 0 Å². The maximum Gasteiger partial charge on any atom is 0.407 e. The molecular formula is C27H28N2O3. The number of benzene rings is 3. The third kappa shape index (κ3) is 4.59. The van der Waals surface area contributed by atoms with Gasteiger partial charge in [-0.05, 0) is 16.7 Å². The summed E-state index contributed by atoms with van der Waals surface area (Å²) in [7, 11) is 0. The molecule has 1 fully saturated rings. The molecule has 0 aromatic heterocycles. The van der Waals surface area contributed by atoms with Gasteiger partial charge in [0.1, 0.15) is 11.7 Å². The third-order valence-electron chi connectivity index (χ3n) is 5.67. The number of rotatable bonds is 10. The van der Waals surface area contributed by atoms with Crippen LogP contribution in [0, 0.1) is 0 Å². The van der Waals surface area contributed by atoms with E-state index in [1.807, 2.05) is 54.6 Å². The van der Waals surface area contributed by atoms with E-state index in [-0.39, 0.29) is 12.6 Å². The van der Waals surface area contributed by atoms with Crippen LogP contribution in [0.2, 0.25) is 0 Å². The number of nitrogens with one attached hydrogen (secondary N) is 2. The number of cyclic esters (lactones) is 1. The number of ether oxygens (including phenoxy) is 2. The first-order valence-corrected chi connectivity index (χ1v) is 10.8. The summed E-state index contributed by atoms with van der Waals surface area (Å²) in [5.41, 5.74) is 2.18. The Bertz CT molecular complexity index is 912. The number of carbonyl (C=O) groups is 1. The average molecular weight is 429 g/mol. The van der Waals surface area contributed by atoms with E-state index in [0.717, 1.165) is 16.7 Å². The smallest absolute Gasteiger partial charge is 0.407 e. The molecule has 1 saturated heterocycles. The maximum atomic E-state index is 12.0. The molecule has 5 heteroatoms. The van der Waals surface area contributed by atoms with Crippen molar-refractivity contribution in [2.75, 3.05) is 19.7 Å². The molecule has 0 radical (unpaired) electrons. The second-order valence-electron chi connectivity index (χ2n) is 7.73. The van der Waals surface area contributed by atoms with E-state index < -0.39 is 17.8 Å². The fourth-order valence-electron chi connectivity index (χ4n) is 4.15. The van der Waals surface area contributed by atoms with Gasteiger partial charge in [-0.15, -0.1) is 6.58 Å². The molecule has 0 bridgehead atoms. The van der Waals surface area contributed by atoms with Crippen LogP contribution in [0.1, 0.15) is 16.7 Å². The van der Waals surface area contributed by atoms with E-state index in [4.69, 9.17) is 9.47 Å². The summed E-state index contributed by atoms with van der Waals surface area (Å²) in [6.45, 7) is 5.18. The summed E-state index contributed by atoms with van der Waals surface area (Å²) >= 11 is 0. The van der Waals surface area contributed by atoms with E-state index in [9.17, 15) is 4.79 Å². The van der Waals surface area contributed by atoms with Gasteiger partial charge < -0.3 is 20.1 Å². The Morgan fingerprint density at radius 2 is 1.41 bits per heavy atom. The maximum absolute atomic E-state index is 12.0. The first-order chi connectivity index (χ1) is 15.7. The van der Waals surface area contributed by atoms with Crippen LogP contribution in [0.4, 0.5) is 4.79 Å². The first kappa shape index (κ1) is 21.8. The number of amides is 1. The summed E-state index contributed by atoms with van der Waals surface area (Å²) in [6.07, 6.45) is 0.943. The van der Waals surface area contributed by atoms with Gasteiger partial charge in [-0.25, -0.2) is 4.79 Å². The third-order valence-corrected chi connectivity index (χ3v) is 5.67. The monoisotopic (exact) mass is 428 g/mol. The summed E-state index contributed by atoms with van der Waals surface area (Å²) < 4.78 is 12.4. The van der Waals surface area contributed by atoms with Gasteiger partial charge in [-0.2, -0.15) is 0 Å². The second-order valence-corrected chi connectivity index (χ2v) is 7.73. The molecule has 164 valence electrons. The molecule has 32 heavy (non-hydrogen) atoms. The highest BCUT2D eigenvalue weighted by atomic mass is 16.6. The highest BCUT2D eigenvalue weighted by Crippen LogP contribution is 2.40. The summed E-state index contributed by atoms with van der Waals surface area (Å²) in [6, 6.07) is 30.3. The Morgan fingerprint density at radius 1 is 0.906 bits per heavy atom. The van der Waals surface area contributed by atoms with Gasteiger partial charge in [0, 0.05) is 13.1 Å². The molecule has 2 N–H and O–H groups in total.